The van der Waals surface area contributed by atoms with Crippen LogP contribution in [-0.4, -0.2) is 48.3 Å². The number of nitrogens with one attached hydrogen (secondary N) is 1. The van der Waals surface area contributed by atoms with Gasteiger partial charge in [-0.2, -0.15) is 0 Å². The molecule has 1 aromatic heterocycles. The summed E-state index contributed by atoms with van der Waals surface area (Å²) in [6.07, 6.45) is 1.47. The van der Waals surface area contributed by atoms with Gasteiger partial charge in [-0.15, -0.1) is 0 Å². The number of ether oxygens (including phenoxy) is 1. The van der Waals surface area contributed by atoms with Crippen LogP contribution in [0.15, 0.2) is 28.2 Å². The van der Waals surface area contributed by atoms with Gasteiger partial charge >= 0.3 is 0 Å². The first-order chi connectivity index (χ1) is 11.8. The van der Waals surface area contributed by atoms with Crippen LogP contribution < -0.4 is 10.3 Å². The third-order valence-electron chi connectivity index (χ3n) is 4.16. The second kappa shape index (κ2) is 6.49. The Labute approximate surface area is 145 Å². The molecule has 0 spiro atoms. The molecular weight excluding hydrogens is 346 g/mol. The van der Waals surface area contributed by atoms with Crippen molar-refractivity contribution in [2.24, 2.45) is 0 Å². The van der Waals surface area contributed by atoms with E-state index in [4.69, 9.17) is 4.74 Å². The maximum Gasteiger partial charge on any atom is 0.255 e. The van der Waals surface area contributed by atoms with Crippen molar-refractivity contribution in [2.45, 2.75) is 24.7 Å². The second-order valence-electron chi connectivity index (χ2n) is 6.02. The van der Waals surface area contributed by atoms with E-state index in [0.717, 1.165) is 6.26 Å². The van der Waals surface area contributed by atoms with Gasteiger partial charge < -0.3 is 9.84 Å². The second-order valence-corrected chi connectivity index (χ2v) is 7.95. The molecule has 0 bridgehead atoms. The third-order valence-corrected chi connectivity index (χ3v) is 5.06. The van der Waals surface area contributed by atoms with Crippen molar-refractivity contribution >= 4 is 9.84 Å². The van der Waals surface area contributed by atoms with Crippen LogP contribution in [0.4, 0.5) is 0 Å². The summed E-state index contributed by atoms with van der Waals surface area (Å²) in [5, 5.41) is 9.70. The topological polar surface area (TPSA) is 113 Å². The van der Waals surface area contributed by atoms with Crippen LogP contribution in [0.5, 0.6) is 11.5 Å². The molecule has 0 unspecified atom stereocenters. The Bertz CT molecular complexity index is 968. The summed E-state index contributed by atoms with van der Waals surface area (Å²) in [6, 6.07) is 4.98. The van der Waals surface area contributed by atoms with Gasteiger partial charge in [-0.1, -0.05) is 0 Å². The average Bonchev–Trinajstić information content (AvgIpc) is 2.55. The normalized spacial score (nSPS) is 15.0. The third kappa shape index (κ3) is 3.67. The van der Waals surface area contributed by atoms with Gasteiger partial charge in [0.15, 0.2) is 0 Å². The number of H-pyrrole nitrogens is 1. The van der Waals surface area contributed by atoms with Crippen molar-refractivity contribution in [3.05, 3.63) is 45.4 Å². The number of benzene rings is 1. The smallest absolute Gasteiger partial charge is 0.255 e. The Kier molecular flexibility index (Phi) is 4.53. The van der Waals surface area contributed by atoms with Crippen LogP contribution >= 0.6 is 0 Å². The molecule has 0 saturated carbocycles. The first kappa shape index (κ1) is 17.4. The lowest BCUT2D eigenvalue weighted by atomic mass is 10.1. The first-order valence-corrected chi connectivity index (χ1v) is 9.57. The molecule has 0 aliphatic carbocycles. The van der Waals surface area contributed by atoms with E-state index in [-0.39, 0.29) is 10.9 Å². The Morgan fingerprint density at radius 3 is 2.84 bits per heavy atom. The molecule has 1 aromatic carbocycles. The van der Waals surface area contributed by atoms with Crippen LogP contribution in [0.2, 0.25) is 0 Å². The van der Waals surface area contributed by atoms with Crippen LogP contribution in [0.25, 0.3) is 0 Å². The number of phenols is 1. The molecule has 0 amide bonds. The van der Waals surface area contributed by atoms with E-state index in [1.54, 1.807) is 25.3 Å². The maximum absolute atomic E-state index is 12.1. The highest BCUT2D eigenvalue weighted by molar-refractivity contribution is 7.90. The monoisotopic (exact) mass is 365 g/mol. The lowest BCUT2D eigenvalue weighted by Gasteiger charge is -2.27. The Morgan fingerprint density at radius 2 is 2.16 bits per heavy atom. The van der Waals surface area contributed by atoms with E-state index >= 15 is 0 Å². The average molecular weight is 365 g/mol. The minimum atomic E-state index is -3.59. The number of fused-ring (bicyclic) bond motifs is 1. The summed E-state index contributed by atoms with van der Waals surface area (Å²) in [6.45, 7) is 1.37. The fourth-order valence-corrected chi connectivity index (χ4v) is 3.39. The van der Waals surface area contributed by atoms with Gasteiger partial charge in [0.25, 0.3) is 5.56 Å². The van der Waals surface area contributed by atoms with E-state index in [2.05, 4.69) is 9.97 Å². The minimum absolute atomic E-state index is 0.155. The molecule has 0 saturated heterocycles. The molecule has 9 heteroatoms. The summed E-state index contributed by atoms with van der Waals surface area (Å²) in [5.74, 6) is 0.793. The highest BCUT2D eigenvalue weighted by Gasteiger charge is 2.24. The summed E-state index contributed by atoms with van der Waals surface area (Å²) in [5.41, 5.74) is 1.25. The van der Waals surface area contributed by atoms with E-state index < -0.39 is 15.4 Å². The molecule has 134 valence electrons. The number of phenolic OH excluding ortho intramolecular Hbond substituents is 1. The van der Waals surface area contributed by atoms with Crippen LogP contribution in [0.3, 0.4) is 0 Å². The van der Waals surface area contributed by atoms with Crippen molar-refractivity contribution in [2.75, 3.05) is 19.9 Å². The zero-order valence-electron chi connectivity index (χ0n) is 13.9. The van der Waals surface area contributed by atoms with Crippen molar-refractivity contribution in [3.63, 3.8) is 0 Å². The summed E-state index contributed by atoms with van der Waals surface area (Å²) in [7, 11) is -2.04. The maximum atomic E-state index is 12.1. The summed E-state index contributed by atoms with van der Waals surface area (Å²) < 4.78 is 28.5. The fourth-order valence-electron chi connectivity index (χ4n) is 2.84. The largest absolute Gasteiger partial charge is 0.508 e. The van der Waals surface area contributed by atoms with Gasteiger partial charge in [-0.3, -0.25) is 14.7 Å². The number of aromatic nitrogens is 2. The lowest BCUT2D eigenvalue weighted by Crippen LogP contribution is -2.35. The molecule has 8 nitrogen and oxygen atoms in total. The number of hydrogen-bond donors (Lipinski definition) is 2. The number of sulfone groups is 1. The predicted octanol–water partition coefficient (Wildman–Crippen LogP) is 0.446. The molecule has 2 N–H and O–H groups in total. The molecule has 0 radical (unpaired) electrons. The fraction of sp³-hybridized carbons (Fsp3) is 0.375. The van der Waals surface area contributed by atoms with Crippen LogP contribution in [-0.2, 0) is 29.3 Å². The van der Waals surface area contributed by atoms with Crippen LogP contribution in [0.1, 0.15) is 16.8 Å². The van der Waals surface area contributed by atoms with Gasteiger partial charge in [0.05, 0.1) is 12.8 Å². The van der Waals surface area contributed by atoms with E-state index in [1.807, 2.05) is 4.90 Å². The summed E-state index contributed by atoms with van der Waals surface area (Å²) in [4.78, 5) is 20.5. The number of hydrogen-bond acceptors (Lipinski definition) is 7. The number of aromatic amines is 1. The lowest BCUT2D eigenvalue weighted by molar-refractivity contribution is 0.236. The van der Waals surface area contributed by atoms with Crippen molar-refractivity contribution < 1.29 is 18.3 Å². The molecule has 1 aliphatic rings. The Morgan fingerprint density at radius 1 is 1.40 bits per heavy atom. The highest BCUT2D eigenvalue weighted by Crippen LogP contribution is 2.26. The Balaban J connectivity index is 1.88. The summed E-state index contributed by atoms with van der Waals surface area (Å²) >= 11 is 0. The Hall–Kier alpha value is -2.39. The van der Waals surface area contributed by atoms with E-state index in [0.29, 0.717) is 48.6 Å². The molecule has 2 aromatic rings. The van der Waals surface area contributed by atoms with Crippen molar-refractivity contribution in [1.82, 2.24) is 14.9 Å². The number of aromatic hydroxyl groups is 1. The first-order valence-electron chi connectivity index (χ1n) is 7.68. The molecule has 2 heterocycles. The van der Waals surface area contributed by atoms with Crippen LogP contribution in [0, 0.1) is 0 Å². The molecule has 3 rings (SSSR count). The van der Waals surface area contributed by atoms with Gasteiger partial charge in [0.1, 0.15) is 11.5 Å². The number of methoxy groups -OCH3 is 1. The quantitative estimate of drug-likeness (QED) is 0.756. The van der Waals surface area contributed by atoms with Gasteiger partial charge in [0, 0.05) is 37.0 Å². The zero-order chi connectivity index (χ0) is 18.2. The predicted molar refractivity (Wildman–Crippen MR) is 90.4 cm³/mol. The number of nitrogens with zero attached hydrogens (tertiary/aromatic N) is 2. The van der Waals surface area contributed by atoms with E-state index in [9.17, 15) is 18.3 Å². The molecule has 0 fully saturated rings. The van der Waals surface area contributed by atoms with Crippen molar-refractivity contribution in [3.8, 4) is 11.5 Å². The van der Waals surface area contributed by atoms with Crippen molar-refractivity contribution in [1.29, 1.82) is 0 Å². The number of rotatable bonds is 4. The molecule has 25 heavy (non-hydrogen) atoms. The molecular formula is C16H19N3O5S. The standard InChI is InChI=1S/C16H19N3O5S/c1-24-11-3-4-14(20)10(7-11)8-19-6-5-12-13(9-19)17-16(18-15(12)21)25(2,22)23/h3-4,7,20H,5-6,8-9H2,1-2H3,(H,17,18,21). The van der Waals surface area contributed by atoms with Gasteiger partial charge in [-0.05, 0) is 24.6 Å². The van der Waals surface area contributed by atoms with Gasteiger partial charge in [0.2, 0.25) is 15.0 Å². The highest BCUT2D eigenvalue weighted by atomic mass is 32.2. The van der Waals surface area contributed by atoms with E-state index in [1.165, 1.54) is 0 Å². The zero-order valence-corrected chi connectivity index (χ0v) is 14.8. The van der Waals surface area contributed by atoms with Gasteiger partial charge in [-0.25, -0.2) is 13.4 Å². The molecule has 1 aliphatic heterocycles. The minimum Gasteiger partial charge on any atom is -0.508 e. The molecule has 0 atom stereocenters. The SMILES string of the molecule is COc1ccc(O)c(CN2CCc3c(nc(S(C)(=O)=O)[nH]c3=O)C2)c1.